The summed E-state index contributed by atoms with van der Waals surface area (Å²) in [6, 6.07) is 22.8. The van der Waals surface area contributed by atoms with Crippen molar-refractivity contribution in [3.8, 4) is 17.2 Å². The van der Waals surface area contributed by atoms with Gasteiger partial charge in [-0.25, -0.2) is 4.79 Å². The molecule has 25 heavy (non-hydrogen) atoms. The van der Waals surface area contributed by atoms with Crippen LogP contribution in [0.5, 0.6) is 17.2 Å². The molecule has 0 spiro atoms. The Bertz CT molecular complexity index is 846. The number of alkyl halides is 2. The maximum Gasteiger partial charge on any atom is 0.343 e. The predicted molar refractivity (Wildman–Crippen MR) is 98.8 cm³/mol. The van der Waals surface area contributed by atoms with E-state index in [1.807, 2.05) is 24.3 Å². The molecule has 0 aliphatic rings. The molecule has 3 rings (SSSR count). The fourth-order valence-electron chi connectivity index (χ4n) is 2.17. The van der Waals surface area contributed by atoms with Gasteiger partial charge in [0.1, 0.15) is 22.1 Å². The molecule has 0 aromatic heterocycles. The first-order valence-electron chi connectivity index (χ1n) is 7.55. The number of carbonyl (C=O) groups is 1. The van der Waals surface area contributed by atoms with Crippen molar-refractivity contribution >= 4 is 29.2 Å². The molecule has 0 saturated heterocycles. The molecule has 0 atom stereocenters. The molecule has 0 aliphatic carbocycles. The first kappa shape index (κ1) is 17.3. The van der Waals surface area contributed by atoms with Crippen LogP contribution in [0.1, 0.15) is 20.8 Å². The minimum absolute atomic E-state index is 0.405. The Balaban J connectivity index is 1.66. The van der Waals surface area contributed by atoms with Gasteiger partial charge in [0.05, 0.1) is 5.56 Å². The normalized spacial score (nSPS) is 10.5. The lowest BCUT2D eigenvalue weighted by atomic mass is 10.2. The second-order valence-corrected chi connectivity index (χ2v) is 6.30. The number of hydrogen-bond donors (Lipinski definition) is 0. The van der Waals surface area contributed by atoms with Gasteiger partial charge in [0, 0.05) is 0 Å². The molecule has 0 fully saturated rings. The van der Waals surface area contributed by atoms with Crippen LogP contribution in [0.3, 0.4) is 0 Å². The van der Waals surface area contributed by atoms with Gasteiger partial charge in [-0.3, -0.25) is 0 Å². The summed E-state index contributed by atoms with van der Waals surface area (Å²) in [5, 5.41) is 0. The first-order valence-corrected chi connectivity index (χ1v) is 8.42. The van der Waals surface area contributed by atoms with Crippen LogP contribution in [-0.2, 0) is 0 Å². The smallest absolute Gasteiger partial charge is 0.343 e. The standard InChI is InChI=1S/C20H14Cl2O3/c21-19(22)15-7-4-8-18(13-15)24-16-9-11-17(12-10-16)25-20(23)14-5-2-1-3-6-14/h1-13,19H. The predicted octanol–water partition coefficient (Wildman–Crippen LogP) is 6.17. The Kier molecular flexibility index (Phi) is 5.59. The molecule has 0 unspecified atom stereocenters. The summed E-state index contributed by atoms with van der Waals surface area (Å²) >= 11 is 11.7. The molecule has 3 aromatic rings. The highest BCUT2D eigenvalue weighted by molar-refractivity contribution is 6.44. The Labute approximate surface area is 155 Å². The molecule has 0 heterocycles. The fourth-order valence-corrected chi connectivity index (χ4v) is 2.44. The minimum Gasteiger partial charge on any atom is -0.457 e. The van der Waals surface area contributed by atoms with Crippen LogP contribution >= 0.6 is 23.2 Å². The molecule has 126 valence electrons. The molecular weight excluding hydrogens is 359 g/mol. The van der Waals surface area contributed by atoms with Gasteiger partial charge in [-0.05, 0) is 54.1 Å². The Morgan fingerprint density at radius 2 is 1.44 bits per heavy atom. The number of carbonyl (C=O) groups excluding carboxylic acids is 1. The maximum absolute atomic E-state index is 12.0. The van der Waals surface area contributed by atoms with E-state index in [0.717, 1.165) is 5.56 Å². The highest BCUT2D eigenvalue weighted by Gasteiger charge is 2.08. The van der Waals surface area contributed by atoms with Crippen molar-refractivity contribution in [2.24, 2.45) is 0 Å². The lowest BCUT2D eigenvalue weighted by Crippen LogP contribution is -2.07. The summed E-state index contributed by atoms with van der Waals surface area (Å²) in [7, 11) is 0. The second kappa shape index (κ2) is 8.06. The molecular formula is C20H14Cl2O3. The van der Waals surface area contributed by atoms with Crippen LogP contribution in [0.15, 0.2) is 78.9 Å². The molecule has 0 saturated carbocycles. The summed E-state index contributed by atoms with van der Waals surface area (Å²) in [5.74, 6) is 1.27. The molecule has 5 heteroatoms. The van der Waals surface area contributed by atoms with E-state index in [2.05, 4.69) is 0 Å². The third kappa shape index (κ3) is 4.75. The van der Waals surface area contributed by atoms with E-state index in [-0.39, 0.29) is 0 Å². The van der Waals surface area contributed by atoms with E-state index in [0.29, 0.717) is 22.8 Å². The SMILES string of the molecule is O=C(Oc1ccc(Oc2cccc(C(Cl)Cl)c2)cc1)c1ccccc1. The van der Waals surface area contributed by atoms with Crippen LogP contribution in [-0.4, -0.2) is 5.97 Å². The number of benzene rings is 3. The van der Waals surface area contributed by atoms with Gasteiger partial charge >= 0.3 is 5.97 Å². The topological polar surface area (TPSA) is 35.5 Å². The number of hydrogen-bond acceptors (Lipinski definition) is 3. The first-order chi connectivity index (χ1) is 12.1. The lowest BCUT2D eigenvalue weighted by Gasteiger charge is -2.09. The third-order valence-corrected chi connectivity index (χ3v) is 3.89. The fraction of sp³-hybridized carbons (Fsp3) is 0.0500. The average molecular weight is 373 g/mol. The van der Waals surface area contributed by atoms with Gasteiger partial charge in [-0.15, -0.1) is 23.2 Å². The van der Waals surface area contributed by atoms with Crippen molar-refractivity contribution < 1.29 is 14.3 Å². The van der Waals surface area contributed by atoms with E-state index in [4.69, 9.17) is 32.7 Å². The summed E-state index contributed by atoms with van der Waals surface area (Å²) in [6.07, 6.45) is 0. The summed E-state index contributed by atoms with van der Waals surface area (Å²) in [4.78, 5) is 11.4. The van der Waals surface area contributed by atoms with Gasteiger partial charge in [-0.1, -0.05) is 30.3 Å². The molecule has 0 radical (unpaired) electrons. The van der Waals surface area contributed by atoms with Crippen LogP contribution in [0.2, 0.25) is 0 Å². The summed E-state index contributed by atoms with van der Waals surface area (Å²) in [5.41, 5.74) is 1.26. The van der Waals surface area contributed by atoms with Gasteiger partial charge in [0.15, 0.2) is 0 Å². The average Bonchev–Trinajstić information content (AvgIpc) is 2.64. The molecule has 3 nitrogen and oxygen atoms in total. The summed E-state index contributed by atoms with van der Waals surface area (Å²) in [6.45, 7) is 0. The van der Waals surface area contributed by atoms with E-state index in [1.165, 1.54) is 0 Å². The van der Waals surface area contributed by atoms with Crippen LogP contribution in [0.25, 0.3) is 0 Å². The Morgan fingerprint density at radius 3 is 2.12 bits per heavy atom. The highest BCUT2D eigenvalue weighted by Crippen LogP contribution is 2.30. The van der Waals surface area contributed by atoms with Crippen LogP contribution in [0, 0.1) is 0 Å². The van der Waals surface area contributed by atoms with Crippen molar-refractivity contribution in [2.45, 2.75) is 4.84 Å². The third-order valence-electron chi connectivity index (χ3n) is 3.39. The molecule has 0 amide bonds. The number of ether oxygens (including phenoxy) is 2. The van der Waals surface area contributed by atoms with Crippen molar-refractivity contribution in [2.75, 3.05) is 0 Å². The molecule has 0 N–H and O–H groups in total. The highest BCUT2D eigenvalue weighted by atomic mass is 35.5. The van der Waals surface area contributed by atoms with Crippen LogP contribution in [0.4, 0.5) is 0 Å². The zero-order valence-corrected chi connectivity index (χ0v) is 14.6. The monoisotopic (exact) mass is 372 g/mol. The van der Waals surface area contributed by atoms with E-state index in [9.17, 15) is 4.79 Å². The molecule has 0 bridgehead atoms. The number of halogens is 2. The van der Waals surface area contributed by atoms with Crippen molar-refractivity contribution in [1.29, 1.82) is 0 Å². The lowest BCUT2D eigenvalue weighted by molar-refractivity contribution is 0.0734. The zero-order valence-electron chi connectivity index (χ0n) is 13.1. The Hall–Kier alpha value is -2.49. The van der Waals surface area contributed by atoms with Gasteiger partial charge in [0.25, 0.3) is 0 Å². The minimum atomic E-state index is -0.608. The van der Waals surface area contributed by atoms with Crippen LogP contribution < -0.4 is 9.47 Å². The number of rotatable bonds is 5. The second-order valence-electron chi connectivity index (χ2n) is 5.20. The molecule has 0 aliphatic heterocycles. The largest absolute Gasteiger partial charge is 0.457 e. The molecule has 3 aromatic carbocycles. The zero-order chi connectivity index (χ0) is 17.6. The van der Waals surface area contributed by atoms with Gasteiger partial charge < -0.3 is 9.47 Å². The van der Waals surface area contributed by atoms with E-state index >= 15 is 0 Å². The van der Waals surface area contributed by atoms with Gasteiger partial charge in [-0.2, -0.15) is 0 Å². The Morgan fingerprint density at radius 1 is 0.760 bits per heavy atom. The number of esters is 1. The van der Waals surface area contributed by atoms with Crippen molar-refractivity contribution in [3.63, 3.8) is 0 Å². The quantitative estimate of drug-likeness (QED) is 0.305. The van der Waals surface area contributed by atoms with E-state index in [1.54, 1.807) is 54.6 Å². The summed E-state index contributed by atoms with van der Waals surface area (Å²) < 4.78 is 11.1. The maximum atomic E-state index is 12.0. The van der Waals surface area contributed by atoms with Crippen molar-refractivity contribution in [1.82, 2.24) is 0 Å². The van der Waals surface area contributed by atoms with Gasteiger partial charge in [0.2, 0.25) is 0 Å². The van der Waals surface area contributed by atoms with E-state index < -0.39 is 10.8 Å². The van der Waals surface area contributed by atoms with Crippen molar-refractivity contribution in [3.05, 3.63) is 90.0 Å².